The molecule has 0 atom stereocenters. The minimum atomic E-state index is -0.211. The zero-order valence-electron chi connectivity index (χ0n) is 11.9. The highest BCUT2D eigenvalue weighted by molar-refractivity contribution is 5.98. The number of hydrogen-bond acceptors (Lipinski definition) is 3. The average Bonchev–Trinajstić information content (AvgIpc) is 2.76. The number of carbonyl (C=O) groups is 1. The molecule has 0 bridgehead atoms. The number of furan rings is 1. The summed E-state index contributed by atoms with van der Waals surface area (Å²) in [5.74, 6) is 0.156. The van der Waals surface area contributed by atoms with E-state index < -0.39 is 0 Å². The van der Waals surface area contributed by atoms with Crippen LogP contribution in [0.3, 0.4) is 0 Å². The van der Waals surface area contributed by atoms with Crippen LogP contribution < -0.4 is 5.32 Å². The summed E-state index contributed by atoms with van der Waals surface area (Å²) in [5.41, 5.74) is 2.55. The van der Waals surface area contributed by atoms with Gasteiger partial charge in [-0.05, 0) is 19.9 Å². The zero-order valence-corrected chi connectivity index (χ0v) is 11.9. The molecule has 1 amide bonds. The first kappa shape index (κ1) is 14.3. The van der Waals surface area contributed by atoms with E-state index in [9.17, 15) is 4.79 Å². The van der Waals surface area contributed by atoms with Crippen LogP contribution in [0.15, 0.2) is 40.8 Å². The Hall–Kier alpha value is -2.07. The summed E-state index contributed by atoms with van der Waals surface area (Å²) in [5, 5.41) is 3.76. The van der Waals surface area contributed by atoms with Crippen LogP contribution in [0.4, 0.5) is 0 Å². The van der Waals surface area contributed by atoms with Crippen molar-refractivity contribution in [1.82, 2.24) is 5.32 Å². The molecule has 0 unspecified atom stereocenters. The summed E-state index contributed by atoms with van der Waals surface area (Å²) in [7, 11) is 0. The third kappa shape index (κ3) is 3.27. The minimum absolute atomic E-state index is 0.211. The van der Waals surface area contributed by atoms with Gasteiger partial charge in [0.25, 0.3) is 5.91 Å². The van der Waals surface area contributed by atoms with Crippen molar-refractivity contribution in [1.29, 1.82) is 0 Å². The average molecular weight is 273 g/mol. The maximum Gasteiger partial charge on any atom is 0.287 e. The number of para-hydroxylation sites is 1. The van der Waals surface area contributed by atoms with E-state index >= 15 is 0 Å². The number of benzene rings is 1. The fourth-order valence-electron chi connectivity index (χ4n) is 1.95. The topological polar surface area (TPSA) is 51.5 Å². The van der Waals surface area contributed by atoms with Gasteiger partial charge in [-0.3, -0.25) is 4.79 Å². The lowest BCUT2D eigenvalue weighted by atomic mass is 10.1. The van der Waals surface area contributed by atoms with Gasteiger partial charge >= 0.3 is 0 Å². The van der Waals surface area contributed by atoms with Crippen LogP contribution in [-0.4, -0.2) is 25.7 Å². The molecule has 4 heteroatoms. The van der Waals surface area contributed by atoms with Crippen LogP contribution in [0.25, 0.3) is 11.0 Å². The van der Waals surface area contributed by atoms with E-state index in [1.807, 2.05) is 38.1 Å². The second-order valence-corrected chi connectivity index (χ2v) is 4.82. The summed E-state index contributed by atoms with van der Waals surface area (Å²) in [6.45, 7) is 8.95. The molecule has 0 radical (unpaired) electrons. The smallest absolute Gasteiger partial charge is 0.287 e. The highest BCUT2D eigenvalue weighted by atomic mass is 16.5. The Labute approximate surface area is 118 Å². The Balaban J connectivity index is 1.94. The summed E-state index contributed by atoms with van der Waals surface area (Å²) in [4.78, 5) is 12.1. The van der Waals surface area contributed by atoms with Crippen molar-refractivity contribution in [2.24, 2.45) is 0 Å². The Morgan fingerprint density at radius 1 is 1.40 bits per heavy atom. The molecule has 0 spiro atoms. The molecule has 0 saturated carbocycles. The van der Waals surface area contributed by atoms with E-state index in [1.54, 1.807) is 0 Å². The molecule has 2 rings (SSSR count). The van der Waals surface area contributed by atoms with Crippen LogP contribution in [0.5, 0.6) is 0 Å². The van der Waals surface area contributed by atoms with Crippen LogP contribution in [0.2, 0.25) is 0 Å². The summed E-state index contributed by atoms with van der Waals surface area (Å²) < 4.78 is 10.9. The molecule has 0 aliphatic heterocycles. The molecule has 106 valence electrons. The van der Waals surface area contributed by atoms with Gasteiger partial charge in [-0.1, -0.05) is 30.4 Å². The Kier molecular flexibility index (Phi) is 4.58. The first-order valence-electron chi connectivity index (χ1n) is 6.58. The van der Waals surface area contributed by atoms with Gasteiger partial charge < -0.3 is 14.5 Å². The van der Waals surface area contributed by atoms with Crippen molar-refractivity contribution in [3.8, 4) is 0 Å². The molecule has 2 aromatic rings. The Morgan fingerprint density at radius 3 is 2.85 bits per heavy atom. The van der Waals surface area contributed by atoms with Gasteiger partial charge in [0.15, 0.2) is 5.76 Å². The molecular formula is C16H19NO3. The van der Waals surface area contributed by atoms with Gasteiger partial charge in [0.05, 0.1) is 13.2 Å². The van der Waals surface area contributed by atoms with Crippen LogP contribution in [-0.2, 0) is 4.74 Å². The molecule has 0 fully saturated rings. The van der Waals surface area contributed by atoms with Gasteiger partial charge in [-0.25, -0.2) is 0 Å². The number of aryl methyl sites for hydroxylation is 1. The summed E-state index contributed by atoms with van der Waals surface area (Å²) >= 11 is 0. The molecule has 1 N–H and O–H groups in total. The predicted octanol–water partition coefficient (Wildman–Crippen LogP) is 3.06. The molecule has 1 heterocycles. The number of carbonyl (C=O) groups excluding carboxylic acids is 1. The molecule has 1 aromatic heterocycles. The van der Waals surface area contributed by atoms with Crippen molar-refractivity contribution >= 4 is 16.9 Å². The second-order valence-electron chi connectivity index (χ2n) is 4.82. The predicted molar refractivity (Wildman–Crippen MR) is 78.9 cm³/mol. The van der Waals surface area contributed by atoms with E-state index in [1.165, 1.54) is 0 Å². The van der Waals surface area contributed by atoms with Crippen molar-refractivity contribution in [3.05, 3.63) is 47.7 Å². The van der Waals surface area contributed by atoms with E-state index in [0.717, 1.165) is 22.1 Å². The summed E-state index contributed by atoms with van der Waals surface area (Å²) in [6, 6.07) is 7.62. The molecule has 4 nitrogen and oxygen atoms in total. The number of fused-ring (bicyclic) bond motifs is 1. The van der Waals surface area contributed by atoms with Gasteiger partial charge in [0.1, 0.15) is 5.58 Å². The van der Waals surface area contributed by atoms with Gasteiger partial charge in [-0.2, -0.15) is 0 Å². The third-order valence-electron chi connectivity index (χ3n) is 2.93. The molecule has 0 aliphatic rings. The van der Waals surface area contributed by atoms with E-state index in [2.05, 4.69) is 11.9 Å². The minimum Gasteiger partial charge on any atom is -0.451 e. The fraction of sp³-hybridized carbons (Fsp3) is 0.312. The highest BCUT2D eigenvalue weighted by Gasteiger charge is 2.16. The van der Waals surface area contributed by atoms with Gasteiger partial charge in [-0.15, -0.1) is 0 Å². The molecule has 20 heavy (non-hydrogen) atoms. The third-order valence-corrected chi connectivity index (χ3v) is 2.93. The van der Waals surface area contributed by atoms with Crippen LogP contribution in [0.1, 0.15) is 23.0 Å². The van der Waals surface area contributed by atoms with Crippen LogP contribution >= 0.6 is 0 Å². The Morgan fingerprint density at radius 2 is 2.15 bits per heavy atom. The second kappa shape index (κ2) is 6.39. The lowest BCUT2D eigenvalue weighted by molar-refractivity contribution is 0.0901. The standard InChI is InChI=1S/C16H19NO3/c1-11(2)10-19-9-8-17-16(18)15-12(3)13-6-4-5-7-14(13)20-15/h4-7H,1,8-10H2,2-3H3,(H,17,18). The van der Waals surface area contributed by atoms with Crippen molar-refractivity contribution < 1.29 is 13.9 Å². The summed E-state index contributed by atoms with van der Waals surface area (Å²) in [6.07, 6.45) is 0. The lowest BCUT2D eigenvalue weighted by Crippen LogP contribution is -2.27. The normalized spacial score (nSPS) is 10.7. The van der Waals surface area contributed by atoms with Crippen LogP contribution in [0, 0.1) is 6.92 Å². The first-order valence-corrected chi connectivity index (χ1v) is 6.58. The van der Waals surface area contributed by atoms with Gasteiger partial charge in [0, 0.05) is 17.5 Å². The zero-order chi connectivity index (χ0) is 14.5. The van der Waals surface area contributed by atoms with Crippen molar-refractivity contribution in [2.75, 3.05) is 19.8 Å². The monoisotopic (exact) mass is 273 g/mol. The molecular weight excluding hydrogens is 254 g/mol. The lowest BCUT2D eigenvalue weighted by Gasteiger charge is -2.05. The molecule has 0 aliphatic carbocycles. The van der Waals surface area contributed by atoms with E-state index in [-0.39, 0.29) is 5.91 Å². The number of amides is 1. The largest absolute Gasteiger partial charge is 0.451 e. The number of nitrogens with one attached hydrogen (secondary N) is 1. The van der Waals surface area contributed by atoms with Crippen molar-refractivity contribution in [2.45, 2.75) is 13.8 Å². The maximum atomic E-state index is 12.1. The van der Waals surface area contributed by atoms with Crippen molar-refractivity contribution in [3.63, 3.8) is 0 Å². The molecule has 1 aromatic carbocycles. The molecule has 0 saturated heterocycles. The highest BCUT2D eigenvalue weighted by Crippen LogP contribution is 2.24. The Bertz CT molecular complexity index is 628. The van der Waals surface area contributed by atoms with E-state index in [0.29, 0.717) is 25.5 Å². The SMILES string of the molecule is C=C(C)COCCNC(=O)c1oc2ccccc2c1C. The first-order chi connectivity index (χ1) is 9.59. The fourth-order valence-corrected chi connectivity index (χ4v) is 1.95. The number of rotatable bonds is 6. The maximum absolute atomic E-state index is 12.1. The van der Waals surface area contributed by atoms with Gasteiger partial charge in [0.2, 0.25) is 0 Å². The van der Waals surface area contributed by atoms with E-state index in [4.69, 9.17) is 9.15 Å². The number of ether oxygens (including phenoxy) is 1. The quantitative estimate of drug-likeness (QED) is 0.650. The number of hydrogen-bond donors (Lipinski definition) is 1.